The maximum atomic E-state index is 14.1. The molecule has 0 aromatic heterocycles. The molecule has 2 aliphatic heterocycles. The average Bonchev–Trinajstić information content (AvgIpc) is 3.47. The van der Waals surface area contributed by atoms with Gasteiger partial charge in [-0.15, -0.1) is 0 Å². The van der Waals surface area contributed by atoms with Crippen LogP contribution in [0.25, 0.3) is 6.08 Å². The Balaban J connectivity index is 1.47. The summed E-state index contributed by atoms with van der Waals surface area (Å²) in [4.78, 5) is 29.9. The summed E-state index contributed by atoms with van der Waals surface area (Å²) in [5.41, 5.74) is 4.19. The number of rotatable bonds is 5. The Bertz CT molecular complexity index is 1580. The molecule has 1 fully saturated rings. The molecule has 0 bridgehead atoms. The second kappa shape index (κ2) is 10.5. The molecular weight excluding hydrogens is 525 g/mol. The molecular formula is C31H24N4O2S2. The first-order valence-electron chi connectivity index (χ1n) is 12.4. The number of para-hydroxylation sites is 2. The zero-order chi connectivity index (χ0) is 26.8. The van der Waals surface area contributed by atoms with E-state index in [1.54, 1.807) is 9.91 Å². The molecule has 1 atom stereocenters. The summed E-state index contributed by atoms with van der Waals surface area (Å²) >= 11 is 2.66. The lowest BCUT2D eigenvalue weighted by atomic mass is 10.2. The Kier molecular flexibility index (Phi) is 6.72. The summed E-state index contributed by atoms with van der Waals surface area (Å²) in [5, 5.41) is 9.83. The molecule has 6 nitrogen and oxygen atoms in total. The third-order valence-corrected chi connectivity index (χ3v) is 8.96. The molecule has 4 aromatic carbocycles. The van der Waals surface area contributed by atoms with Gasteiger partial charge in [-0.1, -0.05) is 96.2 Å². The van der Waals surface area contributed by atoms with E-state index in [0.717, 1.165) is 22.5 Å². The second-order valence-electron chi connectivity index (χ2n) is 9.02. The quantitative estimate of drug-likeness (QED) is 0.274. The molecule has 0 aliphatic carbocycles. The number of carbonyl (C=O) groups is 2. The molecule has 1 N–H and O–H groups in total. The van der Waals surface area contributed by atoms with Crippen molar-refractivity contribution in [3.8, 4) is 0 Å². The fourth-order valence-corrected chi connectivity index (χ4v) is 7.25. The van der Waals surface area contributed by atoms with Crippen molar-refractivity contribution in [2.45, 2.75) is 11.3 Å². The SMILES string of the molecule is Cc1ccc(N2N=C(C(=O)Nc3ccccc3)S[C@@]23S/C(=C/c2ccccc2)C(=O)N3c2ccccc2)cc1. The summed E-state index contributed by atoms with van der Waals surface area (Å²) in [6.07, 6.45) is 1.90. The predicted octanol–water partition coefficient (Wildman–Crippen LogP) is 6.93. The van der Waals surface area contributed by atoms with Gasteiger partial charge in [0.25, 0.3) is 11.8 Å². The minimum absolute atomic E-state index is 0.153. The van der Waals surface area contributed by atoms with E-state index in [9.17, 15) is 9.59 Å². The number of hydrogen-bond acceptors (Lipinski definition) is 6. The molecule has 4 aromatic rings. The number of nitrogens with zero attached hydrogens (tertiary/aromatic N) is 3. The fraction of sp³-hybridized carbons (Fsp3) is 0.0645. The first-order chi connectivity index (χ1) is 19.0. The highest BCUT2D eigenvalue weighted by atomic mass is 32.2. The van der Waals surface area contributed by atoms with Crippen molar-refractivity contribution in [3.63, 3.8) is 0 Å². The van der Waals surface area contributed by atoms with E-state index in [0.29, 0.717) is 10.6 Å². The topological polar surface area (TPSA) is 65.0 Å². The van der Waals surface area contributed by atoms with Crippen LogP contribution in [0.15, 0.2) is 125 Å². The highest BCUT2D eigenvalue weighted by Gasteiger charge is 2.60. The fourth-order valence-electron chi connectivity index (χ4n) is 4.37. The lowest BCUT2D eigenvalue weighted by Crippen LogP contribution is -2.51. The van der Waals surface area contributed by atoms with Gasteiger partial charge >= 0.3 is 0 Å². The first kappa shape index (κ1) is 25.0. The van der Waals surface area contributed by atoms with E-state index in [2.05, 4.69) is 5.32 Å². The summed E-state index contributed by atoms with van der Waals surface area (Å²) < 4.78 is -1.09. The third kappa shape index (κ3) is 4.84. The van der Waals surface area contributed by atoms with Crippen LogP contribution in [0.3, 0.4) is 0 Å². The molecule has 2 aliphatic rings. The number of hydrazone groups is 1. The molecule has 1 saturated heterocycles. The van der Waals surface area contributed by atoms with E-state index in [-0.39, 0.29) is 16.9 Å². The Hall–Kier alpha value is -4.27. The van der Waals surface area contributed by atoms with E-state index in [1.807, 2.05) is 128 Å². The van der Waals surface area contributed by atoms with Crippen LogP contribution in [-0.2, 0) is 9.59 Å². The van der Waals surface area contributed by atoms with Crippen LogP contribution < -0.4 is 15.2 Å². The summed E-state index contributed by atoms with van der Waals surface area (Å²) in [6, 6.07) is 36.5. The van der Waals surface area contributed by atoms with Crippen molar-refractivity contribution in [3.05, 3.63) is 131 Å². The number of carbonyl (C=O) groups excluding carboxylic acids is 2. The molecule has 8 heteroatoms. The van der Waals surface area contributed by atoms with Gasteiger partial charge in [0.05, 0.1) is 10.6 Å². The first-order valence-corrected chi connectivity index (χ1v) is 14.0. The van der Waals surface area contributed by atoms with Gasteiger partial charge in [-0.3, -0.25) is 14.5 Å². The van der Waals surface area contributed by atoms with Crippen molar-refractivity contribution < 1.29 is 9.59 Å². The molecule has 0 unspecified atom stereocenters. The number of anilines is 3. The molecule has 39 heavy (non-hydrogen) atoms. The lowest BCUT2D eigenvalue weighted by Gasteiger charge is -2.38. The van der Waals surface area contributed by atoms with Crippen molar-refractivity contribution in [1.29, 1.82) is 0 Å². The van der Waals surface area contributed by atoms with Gasteiger partial charge in [0.1, 0.15) is 0 Å². The van der Waals surface area contributed by atoms with Crippen molar-refractivity contribution in [1.82, 2.24) is 0 Å². The van der Waals surface area contributed by atoms with Crippen LogP contribution in [0.1, 0.15) is 11.1 Å². The van der Waals surface area contributed by atoms with E-state index >= 15 is 0 Å². The normalized spacial score (nSPS) is 19.6. The summed E-state index contributed by atoms with van der Waals surface area (Å²) in [6.45, 7) is 2.02. The van der Waals surface area contributed by atoms with E-state index in [1.165, 1.54) is 23.5 Å². The number of hydrogen-bond donors (Lipinski definition) is 1. The molecule has 0 radical (unpaired) electrons. The highest BCUT2D eigenvalue weighted by Crippen LogP contribution is 2.59. The van der Waals surface area contributed by atoms with Crippen molar-refractivity contribution in [2.24, 2.45) is 5.10 Å². The van der Waals surface area contributed by atoms with Crippen LogP contribution in [0, 0.1) is 6.92 Å². The lowest BCUT2D eigenvalue weighted by molar-refractivity contribution is -0.114. The molecule has 2 amide bonds. The molecule has 0 saturated carbocycles. The Morgan fingerprint density at radius 3 is 2.08 bits per heavy atom. The van der Waals surface area contributed by atoms with Crippen LogP contribution >= 0.6 is 23.5 Å². The van der Waals surface area contributed by atoms with Crippen LogP contribution in [0.5, 0.6) is 0 Å². The largest absolute Gasteiger partial charge is 0.320 e. The second-order valence-corrected chi connectivity index (χ2v) is 11.7. The van der Waals surface area contributed by atoms with Crippen LogP contribution in [-0.4, -0.2) is 21.2 Å². The standard InChI is InChI=1S/C31H24N4O2S2/c1-22-17-19-26(20-18-22)35-31(39-29(33-35)28(36)32-24-13-7-3-8-14-24)34(25-15-9-4-10-16-25)30(37)27(38-31)21-23-11-5-2-6-12-23/h2-21H,1H3,(H,32,36)/b27-21+/t31-/m1/s1. The van der Waals surface area contributed by atoms with Gasteiger partial charge in [-0.05, 0) is 66.7 Å². The van der Waals surface area contributed by atoms with Gasteiger partial charge in [-0.25, -0.2) is 5.01 Å². The van der Waals surface area contributed by atoms with Crippen molar-refractivity contribution >= 4 is 63.5 Å². The summed E-state index contributed by atoms with van der Waals surface area (Å²) in [7, 11) is 0. The van der Waals surface area contributed by atoms with Gasteiger partial charge in [0.2, 0.25) is 4.33 Å². The van der Waals surface area contributed by atoms with E-state index in [4.69, 9.17) is 5.10 Å². The maximum Gasteiger partial charge on any atom is 0.282 e. The van der Waals surface area contributed by atoms with Crippen LogP contribution in [0.4, 0.5) is 17.1 Å². The Morgan fingerprint density at radius 2 is 1.41 bits per heavy atom. The third-order valence-electron chi connectivity index (χ3n) is 6.24. The predicted molar refractivity (Wildman–Crippen MR) is 162 cm³/mol. The Morgan fingerprint density at radius 1 is 0.795 bits per heavy atom. The monoisotopic (exact) mass is 548 g/mol. The van der Waals surface area contributed by atoms with Crippen molar-refractivity contribution in [2.75, 3.05) is 15.2 Å². The highest BCUT2D eigenvalue weighted by molar-refractivity contribution is 8.29. The number of nitrogens with one attached hydrogen (secondary N) is 1. The van der Waals surface area contributed by atoms with Gasteiger partial charge in [0.15, 0.2) is 5.04 Å². The number of thioether (sulfide) groups is 2. The molecule has 2 heterocycles. The summed E-state index contributed by atoms with van der Waals surface area (Å²) in [5.74, 6) is -0.485. The number of aryl methyl sites for hydroxylation is 1. The zero-order valence-electron chi connectivity index (χ0n) is 21.0. The van der Waals surface area contributed by atoms with Gasteiger partial charge in [0, 0.05) is 11.4 Å². The molecule has 1 spiro atoms. The maximum absolute atomic E-state index is 14.1. The Labute approximate surface area is 235 Å². The van der Waals surface area contributed by atoms with Gasteiger partial charge < -0.3 is 5.32 Å². The minimum atomic E-state index is -1.09. The number of benzene rings is 4. The van der Waals surface area contributed by atoms with Crippen LogP contribution in [0.2, 0.25) is 0 Å². The minimum Gasteiger partial charge on any atom is -0.320 e. The van der Waals surface area contributed by atoms with E-state index < -0.39 is 4.33 Å². The zero-order valence-corrected chi connectivity index (χ0v) is 22.7. The van der Waals surface area contributed by atoms with Gasteiger partial charge in [-0.2, -0.15) is 5.10 Å². The molecule has 192 valence electrons. The smallest absolute Gasteiger partial charge is 0.282 e. The molecule has 6 rings (SSSR count). The average molecular weight is 549 g/mol. The number of amides is 2.